The summed E-state index contributed by atoms with van der Waals surface area (Å²) in [4.78, 5) is 10.7. The standard InChI is InChI=1S/C13H19NO4/c1-9(2)8-17-5-6-18-12-4-3-10(13(15)16)7-11(12)14/h3-4,7,9H,5-6,8,14H2,1-2H3,(H,15,16). The summed E-state index contributed by atoms with van der Waals surface area (Å²) >= 11 is 0. The molecule has 100 valence electrons. The van der Waals surface area contributed by atoms with E-state index in [4.69, 9.17) is 20.3 Å². The van der Waals surface area contributed by atoms with E-state index in [-0.39, 0.29) is 5.56 Å². The monoisotopic (exact) mass is 253 g/mol. The molecule has 0 unspecified atom stereocenters. The highest BCUT2D eigenvalue weighted by molar-refractivity contribution is 5.89. The van der Waals surface area contributed by atoms with Crippen molar-refractivity contribution in [2.24, 2.45) is 5.92 Å². The van der Waals surface area contributed by atoms with Crippen molar-refractivity contribution >= 4 is 11.7 Å². The first-order valence-electron chi connectivity index (χ1n) is 5.84. The molecule has 0 saturated carbocycles. The van der Waals surface area contributed by atoms with Crippen molar-refractivity contribution in [3.8, 4) is 5.75 Å². The van der Waals surface area contributed by atoms with Crippen LogP contribution in [0.4, 0.5) is 5.69 Å². The molecule has 0 saturated heterocycles. The maximum absolute atomic E-state index is 10.7. The zero-order valence-electron chi connectivity index (χ0n) is 10.7. The zero-order chi connectivity index (χ0) is 13.5. The molecule has 0 aliphatic rings. The first-order chi connectivity index (χ1) is 8.50. The van der Waals surface area contributed by atoms with Crippen molar-refractivity contribution in [2.75, 3.05) is 25.6 Å². The van der Waals surface area contributed by atoms with Crippen LogP contribution in [0.15, 0.2) is 18.2 Å². The van der Waals surface area contributed by atoms with Crippen LogP contribution in [0.5, 0.6) is 5.75 Å². The molecule has 0 atom stereocenters. The summed E-state index contributed by atoms with van der Waals surface area (Å²) < 4.78 is 10.8. The highest BCUT2D eigenvalue weighted by Gasteiger charge is 2.06. The van der Waals surface area contributed by atoms with Gasteiger partial charge >= 0.3 is 5.97 Å². The third-order valence-electron chi connectivity index (χ3n) is 2.19. The second-order valence-electron chi connectivity index (χ2n) is 4.37. The lowest BCUT2D eigenvalue weighted by Crippen LogP contribution is -2.11. The topological polar surface area (TPSA) is 81.8 Å². The molecule has 0 amide bonds. The highest BCUT2D eigenvalue weighted by atomic mass is 16.5. The molecule has 0 aromatic heterocycles. The Bertz CT molecular complexity index is 404. The highest BCUT2D eigenvalue weighted by Crippen LogP contribution is 2.22. The Labute approximate surface area is 107 Å². The van der Waals surface area contributed by atoms with E-state index in [1.165, 1.54) is 12.1 Å². The smallest absolute Gasteiger partial charge is 0.335 e. The number of aromatic carboxylic acids is 1. The minimum absolute atomic E-state index is 0.149. The molecule has 1 rings (SSSR count). The van der Waals surface area contributed by atoms with Crippen LogP contribution in [0.1, 0.15) is 24.2 Å². The van der Waals surface area contributed by atoms with Crippen molar-refractivity contribution in [2.45, 2.75) is 13.8 Å². The van der Waals surface area contributed by atoms with E-state index in [1.807, 2.05) is 0 Å². The van der Waals surface area contributed by atoms with Crippen LogP contribution in [0, 0.1) is 5.92 Å². The molecule has 1 aromatic carbocycles. The number of nitrogen functional groups attached to an aromatic ring is 1. The molecule has 0 heterocycles. The Morgan fingerprint density at radius 2 is 2.11 bits per heavy atom. The summed E-state index contributed by atoms with van der Waals surface area (Å²) in [7, 11) is 0. The van der Waals surface area contributed by atoms with Crippen LogP contribution in [0.3, 0.4) is 0 Å². The number of carboxylic acids is 1. The predicted molar refractivity (Wildman–Crippen MR) is 69.0 cm³/mol. The van der Waals surface area contributed by atoms with E-state index in [0.717, 1.165) is 0 Å². The zero-order valence-corrected chi connectivity index (χ0v) is 10.7. The van der Waals surface area contributed by atoms with Crippen molar-refractivity contribution < 1.29 is 19.4 Å². The minimum atomic E-state index is -1.01. The lowest BCUT2D eigenvalue weighted by atomic mass is 10.2. The summed E-state index contributed by atoms with van der Waals surface area (Å²) in [5, 5.41) is 8.78. The number of hydrogen-bond acceptors (Lipinski definition) is 4. The Balaban J connectivity index is 2.41. The maximum atomic E-state index is 10.7. The summed E-state index contributed by atoms with van der Waals surface area (Å²) in [5.74, 6) is -0.0356. The summed E-state index contributed by atoms with van der Waals surface area (Å²) in [5.41, 5.74) is 6.16. The van der Waals surface area contributed by atoms with Crippen LogP contribution in [0.2, 0.25) is 0 Å². The molecule has 0 aliphatic heterocycles. The van der Waals surface area contributed by atoms with Gasteiger partial charge in [0.25, 0.3) is 0 Å². The number of benzene rings is 1. The summed E-state index contributed by atoms with van der Waals surface area (Å²) in [6.07, 6.45) is 0. The molecule has 0 fully saturated rings. The predicted octanol–water partition coefficient (Wildman–Crippen LogP) is 2.02. The van der Waals surface area contributed by atoms with Crippen LogP contribution < -0.4 is 10.5 Å². The Morgan fingerprint density at radius 1 is 1.39 bits per heavy atom. The normalized spacial score (nSPS) is 10.6. The Morgan fingerprint density at radius 3 is 2.67 bits per heavy atom. The molecule has 0 radical (unpaired) electrons. The van der Waals surface area contributed by atoms with Gasteiger partial charge in [-0.05, 0) is 24.1 Å². The number of carbonyl (C=O) groups is 1. The van der Waals surface area contributed by atoms with Crippen molar-refractivity contribution in [1.29, 1.82) is 0 Å². The maximum Gasteiger partial charge on any atom is 0.335 e. The molecule has 5 nitrogen and oxygen atoms in total. The average molecular weight is 253 g/mol. The molecule has 0 spiro atoms. The van der Waals surface area contributed by atoms with E-state index >= 15 is 0 Å². The number of ether oxygens (including phenoxy) is 2. The lowest BCUT2D eigenvalue weighted by Gasteiger charge is -2.10. The first-order valence-corrected chi connectivity index (χ1v) is 5.84. The second kappa shape index (κ2) is 6.86. The van der Waals surface area contributed by atoms with Gasteiger partial charge in [-0.1, -0.05) is 13.8 Å². The number of hydrogen-bond donors (Lipinski definition) is 2. The molecular formula is C13H19NO4. The number of anilines is 1. The van der Waals surface area contributed by atoms with Gasteiger partial charge < -0.3 is 20.3 Å². The van der Waals surface area contributed by atoms with Gasteiger partial charge in [0.2, 0.25) is 0 Å². The van der Waals surface area contributed by atoms with Gasteiger partial charge in [-0.2, -0.15) is 0 Å². The quantitative estimate of drug-likeness (QED) is 0.574. The van der Waals surface area contributed by atoms with E-state index in [1.54, 1.807) is 6.07 Å². The van der Waals surface area contributed by atoms with Gasteiger partial charge in [0.05, 0.1) is 17.9 Å². The van der Waals surface area contributed by atoms with Gasteiger partial charge in [0.1, 0.15) is 12.4 Å². The number of carboxylic acid groups (broad SMARTS) is 1. The molecule has 3 N–H and O–H groups in total. The van der Waals surface area contributed by atoms with Gasteiger partial charge in [-0.25, -0.2) is 4.79 Å². The van der Waals surface area contributed by atoms with Crippen LogP contribution in [0.25, 0.3) is 0 Å². The third-order valence-corrected chi connectivity index (χ3v) is 2.19. The van der Waals surface area contributed by atoms with Crippen molar-refractivity contribution in [3.63, 3.8) is 0 Å². The molecule has 0 bridgehead atoms. The van der Waals surface area contributed by atoms with E-state index in [2.05, 4.69) is 13.8 Å². The summed E-state index contributed by atoms with van der Waals surface area (Å²) in [6, 6.07) is 4.40. The summed E-state index contributed by atoms with van der Waals surface area (Å²) in [6.45, 7) is 5.71. The largest absolute Gasteiger partial charge is 0.489 e. The van der Waals surface area contributed by atoms with Gasteiger partial charge in [-0.15, -0.1) is 0 Å². The van der Waals surface area contributed by atoms with E-state index < -0.39 is 5.97 Å². The Hall–Kier alpha value is -1.75. The van der Waals surface area contributed by atoms with Gasteiger partial charge in [0, 0.05) is 6.61 Å². The molecular weight excluding hydrogens is 234 g/mol. The fourth-order valence-electron chi connectivity index (χ4n) is 1.34. The lowest BCUT2D eigenvalue weighted by molar-refractivity contribution is 0.0696. The molecule has 1 aromatic rings. The van der Waals surface area contributed by atoms with E-state index in [0.29, 0.717) is 37.2 Å². The van der Waals surface area contributed by atoms with E-state index in [9.17, 15) is 4.79 Å². The van der Waals surface area contributed by atoms with Crippen LogP contribution >= 0.6 is 0 Å². The third kappa shape index (κ3) is 4.63. The molecule has 0 aliphatic carbocycles. The second-order valence-corrected chi connectivity index (χ2v) is 4.37. The fourth-order valence-corrected chi connectivity index (χ4v) is 1.34. The SMILES string of the molecule is CC(C)COCCOc1ccc(C(=O)O)cc1N. The molecule has 5 heteroatoms. The Kier molecular flexibility index (Phi) is 5.45. The van der Waals surface area contributed by atoms with Crippen molar-refractivity contribution in [3.05, 3.63) is 23.8 Å². The van der Waals surface area contributed by atoms with Crippen molar-refractivity contribution in [1.82, 2.24) is 0 Å². The molecule has 18 heavy (non-hydrogen) atoms. The number of rotatable bonds is 7. The van der Waals surface area contributed by atoms with Gasteiger partial charge in [0.15, 0.2) is 0 Å². The van der Waals surface area contributed by atoms with Gasteiger partial charge in [-0.3, -0.25) is 0 Å². The van der Waals surface area contributed by atoms with Crippen LogP contribution in [-0.2, 0) is 4.74 Å². The minimum Gasteiger partial charge on any atom is -0.489 e. The average Bonchev–Trinajstić information content (AvgIpc) is 2.29. The first kappa shape index (κ1) is 14.3. The van der Waals surface area contributed by atoms with Crippen LogP contribution in [-0.4, -0.2) is 30.9 Å². The fraction of sp³-hybridized carbons (Fsp3) is 0.462. The number of nitrogens with two attached hydrogens (primary N) is 1.